The maximum Gasteiger partial charge on any atom is 0.250 e. The third-order valence-electron chi connectivity index (χ3n) is 4.20. The van der Waals surface area contributed by atoms with Crippen LogP contribution >= 0.6 is 0 Å². The molecule has 0 saturated carbocycles. The van der Waals surface area contributed by atoms with Crippen molar-refractivity contribution in [2.45, 2.75) is 13.8 Å². The van der Waals surface area contributed by atoms with E-state index in [1.807, 2.05) is 18.7 Å². The summed E-state index contributed by atoms with van der Waals surface area (Å²) in [7, 11) is 0. The normalized spacial score (nSPS) is 15.7. The van der Waals surface area contributed by atoms with Gasteiger partial charge >= 0.3 is 0 Å². The van der Waals surface area contributed by atoms with E-state index in [0.29, 0.717) is 11.2 Å². The largest absolute Gasteiger partial charge is 0.366 e. The van der Waals surface area contributed by atoms with Gasteiger partial charge in [0.2, 0.25) is 0 Å². The molecule has 3 rings (SSSR count). The maximum absolute atomic E-state index is 14.6. The average molecular weight is 290 g/mol. The molecule has 0 unspecified atom stereocenters. The molecular formula is C15H19FN4O. The number of primary amides is 1. The van der Waals surface area contributed by atoms with Gasteiger partial charge in [-0.25, -0.2) is 4.39 Å². The van der Waals surface area contributed by atoms with Crippen molar-refractivity contribution in [1.82, 2.24) is 10.3 Å². The lowest BCUT2D eigenvalue weighted by atomic mass is 10.0. The summed E-state index contributed by atoms with van der Waals surface area (Å²) in [4.78, 5) is 16.8. The number of nitrogens with zero attached hydrogens (tertiary/aromatic N) is 1. The van der Waals surface area contributed by atoms with Crippen LogP contribution in [-0.4, -0.2) is 37.1 Å². The van der Waals surface area contributed by atoms with Gasteiger partial charge < -0.3 is 20.9 Å². The zero-order valence-corrected chi connectivity index (χ0v) is 12.2. The molecule has 1 saturated heterocycles. The summed E-state index contributed by atoms with van der Waals surface area (Å²) in [6.45, 7) is 6.97. The molecule has 6 heteroatoms. The van der Waals surface area contributed by atoms with E-state index in [0.717, 1.165) is 42.8 Å². The Balaban J connectivity index is 2.31. The van der Waals surface area contributed by atoms with Crippen LogP contribution in [-0.2, 0) is 0 Å². The van der Waals surface area contributed by atoms with Gasteiger partial charge in [-0.15, -0.1) is 0 Å². The van der Waals surface area contributed by atoms with Crippen molar-refractivity contribution in [2.75, 3.05) is 31.1 Å². The fraction of sp³-hybridized carbons (Fsp3) is 0.400. The molecule has 1 aromatic heterocycles. The van der Waals surface area contributed by atoms with Crippen LogP contribution in [0.25, 0.3) is 10.9 Å². The molecule has 0 radical (unpaired) electrons. The summed E-state index contributed by atoms with van der Waals surface area (Å²) in [6.07, 6.45) is 0. The predicted molar refractivity (Wildman–Crippen MR) is 81.3 cm³/mol. The van der Waals surface area contributed by atoms with Crippen LogP contribution in [0.15, 0.2) is 6.07 Å². The number of halogens is 1. The Bertz CT molecular complexity index is 716. The minimum Gasteiger partial charge on any atom is -0.366 e. The number of rotatable bonds is 2. The van der Waals surface area contributed by atoms with Gasteiger partial charge in [-0.2, -0.15) is 0 Å². The summed E-state index contributed by atoms with van der Waals surface area (Å²) in [5.74, 6) is -1.01. The molecule has 0 bridgehead atoms. The molecule has 1 fully saturated rings. The van der Waals surface area contributed by atoms with Crippen LogP contribution in [0, 0.1) is 19.7 Å². The first-order valence-electron chi connectivity index (χ1n) is 7.07. The van der Waals surface area contributed by atoms with Crippen LogP contribution < -0.4 is 16.0 Å². The molecule has 1 aromatic carbocycles. The molecule has 0 spiro atoms. The lowest BCUT2D eigenvalue weighted by Gasteiger charge is -2.30. The summed E-state index contributed by atoms with van der Waals surface area (Å²) in [5.41, 5.74) is 8.68. The second kappa shape index (κ2) is 5.04. The highest BCUT2D eigenvalue weighted by Crippen LogP contribution is 2.36. The number of hydrogen-bond donors (Lipinski definition) is 3. The Kier molecular flexibility index (Phi) is 3.33. The molecule has 21 heavy (non-hydrogen) atoms. The molecule has 2 aromatic rings. The van der Waals surface area contributed by atoms with Crippen LogP contribution in [0.3, 0.4) is 0 Å². The van der Waals surface area contributed by atoms with E-state index in [-0.39, 0.29) is 11.4 Å². The lowest BCUT2D eigenvalue weighted by Crippen LogP contribution is -2.44. The van der Waals surface area contributed by atoms with Crippen molar-refractivity contribution in [3.63, 3.8) is 0 Å². The number of nitrogens with one attached hydrogen (secondary N) is 2. The van der Waals surface area contributed by atoms with E-state index in [2.05, 4.69) is 10.3 Å². The smallest absolute Gasteiger partial charge is 0.250 e. The van der Waals surface area contributed by atoms with Crippen molar-refractivity contribution >= 4 is 22.5 Å². The summed E-state index contributed by atoms with van der Waals surface area (Å²) in [6, 6.07) is 1.25. The molecule has 1 aliphatic heterocycles. The fourth-order valence-electron chi connectivity index (χ4n) is 3.00. The number of amides is 1. The molecule has 5 nitrogen and oxygen atoms in total. The number of carbonyl (C=O) groups is 1. The number of aromatic amines is 1. The minimum atomic E-state index is -0.619. The number of benzene rings is 1. The number of anilines is 1. The number of carbonyl (C=O) groups excluding carboxylic acids is 1. The zero-order chi connectivity index (χ0) is 15.1. The molecule has 1 amide bonds. The maximum atomic E-state index is 14.6. The Morgan fingerprint density at radius 2 is 2.00 bits per heavy atom. The Labute approximate surface area is 122 Å². The van der Waals surface area contributed by atoms with Crippen LogP contribution in [0.1, 0.15) is 21.6 Å². The number of piperazine rings is 1. The second-order valence-corrected chi connectivity index (χ2v) is 5.48. The topological polar surface area (TPSA) is 74.2 Å². The van der Waals surface area contributed by atoms with Crippen molar-refractivity contribution in [3.05, 3.63) is 28.7 Å². The lowest BCUT2D eigenvalue weighted by molar-refractivity contribution is 0.100. The number of H-pyrrole nitrogens is 1. The summed E-state index contributed by atoms with van der Waals surface area (Å²) >= 11 is 0. The van der Waals surface area contributed by atoms with Gasteiger partial charge in [0.15, 0.2) is 0 Å². The van der Waals surface area contributed by atoms with E-state index in [4.69, 9.17) is 5.73 Å². The van der Waals surface area contributed by atoms with Crippen molar-refractivity contribution in [3.8, 4) is 0 Å². The number of aryl methyl sites for hydroxylation is 2. The SMILES string of the molecule is Cc1[nH]c2c(C(N)=O)cc(F)c(N3CCNCC3)c2c1C. The highest BCUT2D eigenvalue weighted by Gasteiger charge is 2.24. The summed E-state index contributed by atoms with van der Waals surface area (Å²) in [5, 5.41) is 4.02. The van der Waals surface area contributed by atoms with Crippen LogP contribution in [0.5, 0.6) is 0 Å². The third-order valence-corrected chi connectivity index (χ3v) is 4.20. The number of hydrogen-bond acceptors (Lipinski definition) is 3. The second-order valence-electron chi connectivity index (χ2n) is 5.48. The van der Waals surface area contributed by atoms with Crippen LogP contribution in [0.2, 0.25) is 0 Å². The third kappa shape index (κ3) is 2.15. The van der Waals surface area contributed by atoms with E-state index in [1.54, 1.807) is 0 Å². The highest BCUT2D eigenvalue weighted by molar-refractivity contribution is 6.10. The minimum absolute atomic E-state index is 0.206. The van der Waals surface area contributed by atoms with Gasteiger partial charge in [0, 0.05) is 37.3 Å². The Morgan fingerprint density at radius 3 is 2.62 bits per heavy atom. The van der Waals surface area contributed by atoms with Gasteiger partial charge in [-0.1, -0.05) is 0 Å². The first-order valence-corrected chi connectivity index (χ1v) is 7.07. The van der Waals surface area contributed by atoms with E-state index >= 15 is 0 Å². The number of fused-ring (bicyclic) bond motifs is 1. The number of aromatic nitrogens is 1. The summed E-state index contributed by atoms with van der Waals surface area (Å²) < 4.78 is 14.6. The first kappa shape index (κ1) is 13.9. The van der Waals surface area contributed by atoms with E-state index in [9.17, 15) is 9.18 Å². The van der Waals surface area contributed by atoms with Gasteiger partial charge in [0.25, 0.3) is 5.91 Å². The Morgan fingerprint density at radius 1 is 1.33 bits per heavy atom. The molecule has 112 valence electrons. The molecule has 0 aliphatic carbocycles. The van der Waals surface area contributed by atoms with Crippen molar-refractivity contribution < 1.29 is 9.18 Å². The van der Waals surface area contributed by atoms with E-state index < -0.39 is 5.91 Å². The molecule has 1 aliphatic rings. The van der Waals surface area contributed by atoms with Gasteiger partial charge in [-0.3, -0.25) is 4.79 Å². The first-order chi connectivity index (χ1) is 10.0. The monoisotopic (exact) mass is 290 g/mol. The fourth-order valence-corrected chi connectivity index (χ4v) is 3.00. The van der Waals surface area contributed by atoms with Crippen molar-refractivity contribution in [2.24, 2.45) is 5.73 Å². The standard InChI is InChI=1S/C15H19FN4O/c1-8-9(2)19-13-10(15(17)21)7-11(16)14(12(8)13)20-5-3-18-4-6-20/h7,18-19H,3-6H2,1-2H3,(H2,17,21). The molecule has 0 atom stereocenters. The highest BCUT2D eigenvalue weighted by atomic mass is 19.1. The quantitative estimate of drug-likeness (QED) is 0.783. The van der Waals surface area contributed by atoms with Crippen LogP contribution in [0.4, 0.5) is 10.1 Å². The average Bonchev–Trinajstić information content (AvgIpc) is 2.75. The molecular weight excluding hydrogens is 271 g/mol. The predicted octanol–water partition coefficient (Wildman–Crippen LogP) is 1.43. The van der Waals surface area contributed by atoms with Crippen molar-refractivity contribution in [1.29, 1.82) is 0 Å². The van der Waals surface area contributed by atoms with Gasteiger partial charge in [0.05, 0.1) is 16.8 Å². The van der Waals surface area contributed by atoms with Gasteiger partial charge in [0.1, 0.15) is 5.82 Å². The van der Waals surface area contributed by atoms with E-state index in [1.165, 1.54) is 6.07 Å². The number of nitrogens with two attached hydrogens (primary N) is 1. The molecule has 2 heterocycles. The zero-order valence-electron chi connectivity index (χ0n) is 12.2. The van der Waals surface area contributed by atoms with Gasteiger partial charge in [-0.05, 0) is 25.5 Å². The Hall–Kier alpha value is -2.08. The molecule has 4 N–H and O–H groups in total.